The first-order chi connectivity index (χ1) is 12.6. The monoisotopic (exact) mass is 395 g/mol. The van der Waals surface area contributed by atoms with E-state index in [-0.39, 0.29) is 18.4 Å². The summed E-state index contributed by atoms with van der Waals surface area (Å²) in [6.45, 7) is 0.339. The molecule has 0 radical (unpaired) electrons. The summed E-state index contributed by atoms with van der Waals surface area (Å²) in [5.74, 6) is 1.22. The number of imide groups is 1. The van der Waals surface area contributed by atoms with E-state index < -0.39 is 11.6 Å². The zero-order valence-corrected chi connectivity index (χ0v) is 16.4. The lowest BCUT2D eigenvalue weighted by Crippen LogP contribution is -2.47. The normalized spacial score (nSPS) is 19.5. The first-order valence-corrected chi connectivity index (χ1v) is 11.2. The van der Waals surface area contributed by atoms with Gasteiger partial charge in [0.1, 0.15) is 12.1 Å². The van der Waals surface area contributed by atoms with Crippen LogP contribution < -0.4 is 10.6 Å². The molecule has 1 spiro atoms. The van der Waals surface area contributed by atoms with Crippen molar-refractivity contribution in [3.63, 3.8) is 0 Å². The Morgan fingerprint density at radius 3 is 2.73 bits per heavy atom. The van der Waals surface area contributed by atoms with Gasteiger partial charge >= 0.3 is 6.03 Å². The fourth-order valence-corrected chi connectivity index (χ4v) is 5.22. The fourth-order valence-electron chi connectivity index (χ4n) is 3.52. The maximum absolute atomic E-state index is 12.7. The molecule has 8 heteroatoms. The van der Waals surface area contributed by atoms with Crippen LogP contribution in [0.25, 0.3) is 0 Å². The predicted octanol–water partition coefficient (Wildman–Crippen LogP) is 2.74. The van der Waals surface area contributed by atoms with Gasteiger partial charge in [-0.05, 0) is 24.3 Å². The van der Waals surface area contributed by atoms with Crippen molar-refractivity contribution in [2.75, 3.05) is 18.8 Å². The van der Waals surface area contributed by atoms with Crippen LogP contribution in [0.1, 0.15) is 43.4 Å². The van der Waals surface area contributed by atoms with Crippen molar-refractivity contribution in [2.24, 2.45) is 0 Å². The Kier molecular flexibility index (Phi) is 6.58. The van der Waals surface area contributed by atoms with Gasteiger partial charge in [0.15, 0.2) is 0 Å². The molecule has 2 aliphatic rings. The lowest BCUT2D eigenvalue weighted by Gasteiger charge is -2.24. The third-order valence-corrected chi connectivity index (χ3v) is 6.96. The molecule has 26 heavy (non-hydrogen) atoms. The minimum absolute atomic E-state index is 0.192. The molecular formula is C18H25N3O3S2. The number of nitrogens with zero attached hydrogens (tertiary/aromatic N) is 1. The van der Waals surface area contributed by atoms with Crippen molar-refractivity contribution in [1.29, 1.82) is 0 Å². The van der Waals surface area contributed by atoms with E-state index in [1.165, 1.54) is 4.88 Å². The second kappa shape index (κ2) is 8.90. The Balaban J connectivity index is 1.42. The molecule has 3 rings (SSSR count). The van der Waals surface area contributed by atoms with E-state index in [0.29, 0.717) is 19.4 Å². The summed E-state index contributed by atoms with van der Waals surface area (Å²) in [5, 5.41) is 7.72. The maximum Gasteiger partial charge on any atom is 0.325 e. The van der Waals surface area contributed by atoms with E-state index >= 15 is 0 Å². The first kappa shape index (κ1) is 19.2. The standard InChI is InChI=1S/C18H25N3O3S2/c22-15(19-9-11-25-13-14-6-5-10-26-14)12-21-16(23)18(20-17(21)24)7-3-1-2-4-8-18/h5-6,10H,1-4,7-9,11-13H2,(H,19,22)(H,20,24). The van der Waals surface area contributed by atoms with Crippen molar-refractivity contribution >= 4 is 40.9 Å². The molecule has 0 atom stereocenters. The second-order valence-electron chi connectivity index (χ2n) is 6.80. The molecule has 2 fully saturated rings. The van der Waals surface area contributed by atoms with Crippen molar-refractivity contribution in [3.05, 3.63) is 22.4 Å². The quantitative estimate of drug-likeness (QED) is 0.550. The molecule has 1 aliphatic heterocycles. The van der Waals surface area contributed by atoms with E-state index in [4.69, 9.17) is 0 Å². The van der Waals surface area contributed by atoms with Gasteiger partial charge in [0.05, 0.1) is 0 Å². The summed E-state index contributed by atoms with van der Waals surface area (Å²) >= 11 is 3.48. The number of amides is 4. The minimum Gasteiger partial charge on any atom is -0.354 e. The number of rotatable bonds is 7. The number of hydrogen-bond acceptors (Lipinski definition) is 5. The first-order valence-electron chi connectivity index (χ1n) is 9.12. The summed E-state index contributed by atoms with van der Waals surface area (Å²) in [6, 6.07) is 3.69. The molecule has 4 amide bonds. The van der Waals surface area contributed by atoms with Crippen LogP contribution >= 0.6 is 23.1 Å². The third-order valence-electron chi connectivity index (χ3n) is 4.90. The molecule has 1 aromatic heterocycles. The Hall–Kier alpha value is -1.54. The Bertz CT molecular complexity index is 640. The molecule has 1 aromatic rings. The van der Waals surface area contributed by atoms with Crippen LogP contribution in [0.3, 0.4) is 0 Å². The Morgan fingerprint density at radius 1 is 1.27 bits per heavy atom. The van der Waals surface area contributed by atoms with Gasteiger partial charge in [0.25, 0.3) is 5.91 Å². The van der Waals surface area contributed by atoms with Crippen LogP contribution in [-0.4, -0.2) is 47.1 Å². The lowest BCUT2D eigenvalue weighted by atomic mass is 9.90. The van der Waals surface area contributed by atoms with Gasteiger partial charge in [-0.15, -0.1) is 11.3 Å². The van der Waals surface area contributed by atoms with Crippen LogP contribution in [0.4, 0.5) is 4.79 Å². The van der Waals surface area contributed by atoms with E-state index in [2.05, 4.69) is 22.1 Å². The minimum atomic E-state index is -0.773. The van der Waals surface area contributed by atoms with Gasteiger partial charge in [-0.1, -0.05) is 31.7 Å². The summed E-state index contributed by atoms with van der Waals surface area (Å²) in [5.41, 5.74) is -0.773. The summed E-state index contributed by atoms with van der Waals surface area (Å²) in [6.07, 6.45) is 5.41. The Morgan fingerprint density at radius 2 is 2.04 bits per heavy atom. The molecule has 0 bridgehead atoms. The molecule has 1 aliphatic carbocycles. The van der Waals surface area contributed by atoms with Crippen LogP contribution in [0.2, 0.25) is 0 Å². The highest BCUT2D eigenvalue weighted by atomic mass is 32.2. The number of thiophene rings is 1. The van der Waals surface area contributed by atoms with Gasteiger partial charge in [0, 0.05) is 22.9 Å². The van der Waals surface area contributed by atoms with Crippen molar-refractivity contribution in [3.8, 4) is 0 Å². The van der Waals surface area contributed by atoms with Gasteiger partial charge < -0.3 is 10.6 Å². The van der Waals surface area contributed by atoms with Crippen LogP contribution in [0.5, 0.6) is 0 Å². The van der Waals surface area contributed by atoms with Crippen LogP contribution in [-0.2, 0) is 15.3 Å². The topological polar surface area (TPSA) is 78.5 Å². The number of carbonyl (C=O) groups is 3. The number of thioether (sulfide) groups is 1. The predicted molar refractivity (Wildman–Crippen MR) is 104 cm³/mol. The maximum atomic E-state index is 12.7. The molecule has 0 unspecified atom stereocenters. The number of nitrogens with one attached hydrogen (secondary N) is 2. The number of urea groups is 1. The van der Waals surface area contributed by atoms with Gasteiger partial charge in [-0.3, -0.25) is 14.5 Å². The van der Waals surface area contributed by atoms with Crippen molar-refractivity contribution in [2.45, 2.75) is 49.8 Å². The molecule has 142 valence electrons. The van der Waals surface area contributed by atoms with Crippen molar-refractivity contribution < 1.29 is 14.4 Å². The number of hydrogen-bond donors (Lipinski definition) is 2. The Labute approximate surface area is 162 Å². The van der Waals surface area contributed by atoms with Gasteiger partial charge in [-0.25, -0.2) is 4.79 Å². The summed E-state index contributed by atoms with van der Waals surface area (Å²) in [7, 11) is 0. The van der Waals surface area contributed by atoms with E-state index in [0.717, 1.165) is 42.1 Å². The molecule has 6 nitrogen and oxygen atoms in total. The highest BCUT2D eigenvalue weighted by molar-refractivity contribution is 7.98. The molecule has 0 aromatic carbocycles. The van der Waals surface area contributed by atoms with Gasteiger partial charge in [-0.2, -0.15) is 11.8 Å². The molecule has 1 saturated heterocycles. The third kappa shape index (κ3) is 4.59. The van der Waals surface area contributed by atoms with E-state index in [1.807, 2.05) is 6.07 Å². The van der Waals surface area contributed by atoms with Crippen LogP contribution in [0, 0.1) is 0 Å². The van der Waals surface area contributed by atoms with E-state index in [1.54, 1.807) is 23.1 Å². The highest BCUT2D eigenvalue weighted by Gasteiger charge is 2.50. The molecule has 2 N–H and O–H groups in total. The average molecular weight is 396 g/mol. The average Bonchev–Trinajstić information content (AvgIpc) is 3.12. The zero-order chi connectivity index (χ0) is 18.4. The molecular weight excluding hydrogens is 370 g/mol. The molecule has 2 heterocycles. The zero-order valence-electron chi connectivity index (χ0n) is 14.8. The van der Waals surface area contributed by atoms with Gasteiger partial charge in [0.2, 0.25) is 5.91 Å². The lowest BCUT2D eigenvalue weighted by molar-refractivity contribution is -0.135. The van der Waals surface area contributed by atoms with Crippen LogP contribution in [0.15, 0.2) is 17.5 Å². The summed E-state index contributed by atoms with van der Waals surface area (Å²) in [4.78, 5) is 39.5. The fraction of sp³-hybridized carbons (Fsp3) is 0.611. The number of carbonyl (C=O) groups excluding carboxylic acids is 3. The second-order valence-corrected chi connectivity index (χ2v) is 8.94. The smallest absolute Gasteiger partial charge is 0.325 e. The largest absolute Gasteiger partial charge is 0.354 e. The van der Waals surface area contributed by atoms with Crippen molar-refractivity contribution in [1.82, 2.24) is 15.5 Å². The SMILES string of the molecule is O=C(CN1C(=O)NC2(CCCCCC2)C1=O)NCCSCc1cccs1. The highest BCUT2D eigenvalue weighted by Crippen LogP contribution is 2.32. The van der Waals surface area contributed by atoms with E-state index in [9.17, 15) is 14.4 Å². The summed E-state index contributed by atoms with van der Waals surface area (Å²) < 4.78 is 0. The molecule has 1 saturated carbocycles.